The van der Waals surface area contributed by atoms with Crippen LogP contribution in [0.3, 0.4) is 0 Å². The molecule has 1 unspecified atom stereocenters. The van der Waals surface area contributed by atoms with E-state index < -0.39 is 17.7 Å². The van der Waals surface area contributed by atoms with Crippen molar-refractivity contribution in [2.24, 2.45) is 0 Å². The number of ether oxygens (including phenoxy) is 3. The van der Waals surface area contributed by atoms with Gasteiger partial charge in [0.2, 0.25) is 5.91 Å². The van der Waals surface area contributed by atoms with Gasteiger partial charge in [0.05, 0.1) is 12.6 Å². The Morgan fingerprint density at radius 3 is 2.45 bits per heavy atom. The fourth-order valence-corrected chi connectivity index (χ4v) is 3.51. The Hall–Kier alpha value is -2.61. The summed E-state index contributed by atoms with van der Waals surface area (Å²) in [6, 6.07) is 8.47. The van der Waals surface area contributed by atoms with Crippen LogP contribution >= 0.6 is 0 Å². The molecule has 0 aromatic heterocycles. The van der Waals surface area contributed by atoms with Gasteiger partial charge in [-0.1, -0.05) is 30.3 Å². The van der Waals surface area contributed by atoms with Gasteiger partial charge in [-0.25, -0.2) is 4.79 Å². The Morgan fingerprint density at radius 2 is 1.84 bits per heavy atom. The van der Waals surface area contributed by atoms with Crippen molar-refractivity contribution in [2.75, 3.05) is 26.8 Å². The van der Waals surface area contributed by atoms with Crippen LogP contribution in [-0.2, 0) is 30.4 Å². The van der Waals surface area contributed by atoms with E-state index in [1.165, 1.54) is 4.90 Å². The molecule has 0 radical (unpaired) electrons. The van der Waals surface area contributed by atoms with Gasteiger partial charge in [0.15, 0.2) is 0 Å². The number of benzene rings is 1. The second-order valence-electron chi connectivity index (χ2n) is 8.68. The quantitative estimate of drug-likeness (QED) is 0.585. The van der Waals surface area contributed by atoms with Gasteiger partial charge in [-0.05, 0) is 39.7 Å². The van der Waals surface area contributed by atoms with Crippen molar-refractivity contribution in [2.45, 2.75) is 64.8 Å². The van der Waals surface area contributed by atoms with E-state index in [0.717, 1.165) is 5.56 Å². The first-order valence-electron chi connectivity index (χ1n) is 10.6. The van der Waals surface area contributed by atoms with Gasteiger partial charge in [0, 0.05) is 26.6 Å². The van der Waals surface area contributed by atoms with Gasteiger partial charge >= 0.3 is 12.1 Å². The number of esters is 1. The Kier molecular flexibility index (Phi) is 8.86. The fraction of sp³-hybridized carbons (Fsp3) is 0.609. The molecule has 1 aromatic carbocycles. The Morgan fingerprint density at radius 1 is 1.16 bits per heavy atom. The molecule has 31 heavy (non-hydrogen) atoms. The Balaban J connectivity index is 1.93. The van der Waals surface area contributed by atoms with Crippen molar-refractivity contribution >= 4 is 18.0 Å². The molecule has 0 saturated carbocycles. The van der Waals surface area contributed by atoms with E-state index in [4.69, 9.17) is 14.2 Å². The molecular weight excluding hydrogens is 400 g/mol. The van der Waals surface area contributed by atoms with E-state index in [1.807, 2.05) is 51.1 Å². The summed E-state index contributed by atoms with van der Waals surface area (Å²) >= 11 is 0. The predicted octanol–water partition coefficient (Wildman–Crippen LogP) is 2.99. The van der Waals surface area contributed by atoms with Crippen LogP contribution in [0.2, 0.25) is 0 Å². The third-order valence-corrected chi connectivity index (χ3v) is 5.03. The maximum Gasteiger partial charge on any atom is 0.410 e. The number of nitrogens with zero attached hydrogens (tertiary/aromatic N) is 2. The summed E-state index contributed by atoms with van der Waals surface area (Å²) < 4.78 is 16.0. The van der Waals surface area contributed by atoms with Crippen LogP contribution < -0.4 is 0 Å². The molecular formula is C23H34N2O6. The summed E-state index contributed by atoms with van der Waals surface area (Å²) in [6.45, 7) is 8.31. The first kappa shape index (κ1) is 24.7. The van der Waals surface area contributed by atoms with Crippen LogP contribution in [0.15, 0.2) is 30.3 Å². The number of piperazine rings is 1. The molecule has 0 aliphatic carbocycles. The number of carbonyl (C=O) groups excluding carboxylic acids is 3. The molecule has 2 amide bonds. The average molecular weight is 435 g/mol. The van der Waals surface area contributed by atoms with E-state index in [0.29, 0.717) is 26.1 Å². The average Bonchev–Trinajstić information content (AvgIpc) is 2.71. The van der Waals surface area contributed by atoms with Gasteiger partial charge < -0.3 is 19.1 Å². The Labute approximate surface area is 184 Å². The predicted molar refractivity (Wildman–Crippen MR) is 115 cm³/mol. The van der Waals surface area contributed by atoms with E-state index in [-0.39, 0.29) is 30.9 Å². The number of rotatable bonds is 8. The fourth-order valence-electron chi connectivity index (χ4n) is 3.51. The van der Waals surface area contributed by atoms with Crippen molar-refractivity contribution in [3.8, 4) is 0 Å². The minimum atomic E-state index is -0.655. The summed E-state index contributed by atoms with van der Waals surface area (Å²) in [5, 5.41) is 0. The molecule has 1 saturated heterocycles. The van der Waals surface area contributed by atoms with E-state index >= 15 is 0 Å². The second-order valence-corrected chi connectivity index (χ2v) is 8.68. The normalized spacial score (nSPS) is 18.0. The van der Waals surface area contributed by atoms with Crippen LogP contribution in [0.1, 0.15) is 46.1 Å². The van der Waals surface area contributed by atoms with Crippen molar-refractivity contribution in [3.63, 3.8) is 0 Å². The second kappa shape index (κ2) is 11.1. The van der Waals surface area contributed by atoms with Crippen molar-refractivity contribution in [3.05, 3.63) is 35.9 Å². The van der Waals surface area contributed by atoms with E-state index in [1.54, 1.807) is 18.9 Å². The molecule has 2 rings (SSSR count). The number of carbonyl (C=O) groups is 3. The first-order chi connectivity index (χ1) is 14.6. The number of amides is 2. The van der Waals surface area contributed by atoms with Crippen LogP contribution in [0.25, 0.3) is 0 Å². The summed E-state index contributed by atoms with van der Waals surface area (Å²) in [6.07, 6.45) is 0.104. The zero-order chi connectivity index (χ0) is 23.0. The number of methoxy groups -OCH3 is 1. The molecule has 2 atom stereocenters. The highest BCUT2D eigenvalue weighted by Gasteiger charge is 2.38. The first-order valence-corrected chi connectivity index (χ1v) is 10.6. The van der Waals surface area contributed by atoms with Crippen LogP contribution in [0, 0.1) is 0 Å². The van der Waals surface area contributed by atoms with Crippen LogP contribution in [0.5, 0.6) is 0 Å². The van der Waals surface area contributed by atoms with Gasteiger partial charge in [-0.15, -0.1) is 0 Å². The van der Waals surface area contributed by atoms with Gasteiger partial charge in [-0.2, -0.15) is 0 Å². The monoisotopic (exact) mass is 434 g/mol. The smallest absolute Gasteiger partial charge is 0.410 e. The zero-order valence-electron chi connectivity index (χ0n) is 19.1. The zero-order valence-corrected chi connectivity index (χ0v) is 19.1. The third kappa shape index (κ3) is 7.54. The highest BCUT2D eigenvalue weighted by atomic mass is 16.6. The summed E-state index contributed by atoms with van der Waals surface area (Å²) in [5.41, 5.74) is 0.333. The minimum absolute atomic E-state index is 0.156. The van der Waals surface area contributed by atoms with Gasteiger partial charge in [0.25, 0.3) is 0 Å². The molecule has 0 spiro atoms. The lowest BCUT2D eigenvalue weighted by Crippen LogP contribution is -2.60. The molecule has 1 aliphatic rings. The topological polar surface area (TPSA) is 85.4 Å². The lowest BCUT2D eigenvalue weighted by atomic mass is 10.1. The summed E-state index contributed by atoms with van der Waals surface area (Å²) in [4.78, 5) is 40.8. The maximum atomic E-state index is 13.0. The molecule has 8 heteroatoms. The SMILES string of the molecule is COC[C@H](CCC(=O)OC(C)(C)C)N1CCN(C(=O)OCc2ccccc2)C(C)C1=O. The molecule has 0 bridgehead atoms. The molecule has 8 nitrogen and oxygen atoms in total. The molecule has 1 aliphatic heterocycles. The standard InChI is InChI=1S/C23H34N2O6/c1-17-21(27)25(19(16-29-5)11-12-20(26)31-23(2,3)4)14-13-24(17)22(28)30-15-18-9-7-6-8-10-18/h6-10,17,19H,11-16H2,1-5H3/t17?,19-/m0/s1. The van der Waals surface area contributed by atoms with E-state index in [9.17, 15) is 14.4 Å². The summed E-state index contributed by atoms with van der Waals surface area (Å²) in [7, 11) is 1.56. The minimum Gasteiger partial charge on any atom is -0.460 e. The largest absolute Gasteiger partial charge is 0.460 e. The molecule has 172 valence electrons. The van der Waals surface area contributed by atoms with Crippen molar-refractivity contribution in [1.82, 2.24) is 9.80 Å². The van der Waals surface area contributed by atoms with E-state index in [2.05, 4.69) is 0 Å². The Bertz CT molecular complexity index is 746. The third-order valence-electron chi connectivity index (χ3n) is 5.03. The molecule has 1 fully saturated rings. The van der Waals surface area contributed by atoms with Crippen LogP contribution in [-0.4, -0.2) is 72.3 Å². The number of hydrogen-bond acceptors (Lipinski definition) is 6. The van der Waals surface area contributed by atoms with Gasteiger partial charge in [-0.3, -0.25) is 14.5 Å². The molecule has 1 heterocycles. The molecule has 0 N–H and O–H groups in total. The van der Waals surface area contributed by atoms with Gasteiger partial charge in [0.1, 0.15) is 18.2 Å². The van der Waals surface area contributed by atoms with Crippen molar-refractivity contribution in [1.29, 1.82) is 0 Å². The summed E-state index contributed by atoms with van der Waals surface area (Å²) in [5.74, 6) is -0.494. The highest BCUT2D eigenvalue weighted by molar-refractivity contribution is 5.86. The van der Waals surface area contributed by atoms with Crippen molar-refractivity contribution < 1.29 is 28.6 Å². The lowest BCUT2D eigenvalue weighted by Gasteiger charge is -2.42. The lowest BCUT2D eigenvalue weighted by molar-refractivity contribution is -0.156. The maximum absolute atomic E-state index is 13.0. The highest BCUT2D eigenvalue weighted by Crippen LogP contribution is 2.19. The van der Waals surface area contributed by atoms with Crippen LogP contribution in [0.4, 0.5) is 4.79 Å². The molecule has 1 aromatic rings. The number of hydrogen-bond donors (Lipinski definition) is 0.